The van der Waals surface area contributed by atoms with Crippen molar-refractivity contribution in [3.8, 4) is 0 Å². The van der Waals surface area contributed by atoms with E-state index in [4.69, 9.17) is 11.6 Å². The maximum atomic E-state index is 6.44. The fourth-order valence-electron chi connectivity index (χ4n) is 3.47. The number of fused-ring (bicyclic) bond motifs is 1. The average Bonchev–Trinajstić information content (AvgIpc) is 2.94. The Hall–Kier alpha value is -0.580. The molecule has 0 radical (unpaired) electrons. The Balaban J connectivity index is 1.70. The highest BCUT2D eigenvalue weighted by atomic mass is 35.5. The van der Waals surface area contributed by atoms with Gasteiger partial charge in [0.05, 0.1) is 16.4 Å². The van der Waals surface area contributed by atoms with Crippen LogP contribution in [0.2, 0.25) is 5.02 Å². The molecule has 2 aliphatic rings. The number of halogens is 1. The Morgan fingerprint density at radius 3 is 2.95 bits per heavy atom. The summed E-state index contributed by atoms with van der Waals surface area (Å²) in [5, 5.41) is 9.02. The van der Waals surface area contributed by atoms with E-state index in [0.29, 0.717) is 6.04 Å². The summed E-state index contributed by atoms with van der Waals surface area (Å²) in [7, 11) is 2.00. The second-order valence-electron chi connectivity index (χ2n) is 5.84. The van der Waals surface area contributed by atoms with E-state index in [0.717, 1.165) is 41.8 Å². The summed E-state index contributed by atoms with van der Waals surface area (Å²) in [6.45, 7) is 6.55. The summed E-state index contributed by atoms with van der Waals surface area (Å²) in [6.07, 6.45) is 3.59. The van der Waals surface area contributed by atoms with E-state index in [1.807, 2.05) is 11.7 Å². The van der Waals surface area contributed by atoms with E-state index in [2.05, 4.69) is 22.2 Å². The number of piperidine rings is 1. The van der Waals surface area contributed by atoms with E-state index in [-0.39, 0.29) is 0 Å². The standard InChI is InChI=1S/C14H23ClN4/c1-3-11-14(15)13(18(2)17-11)9-19-7-10-5-4-6-16-12(10)8-19/h10,12,16H,3-9H2,1-2H3. The Morgan fingerprint density at radius 2 is 2.26 bits per heavy atom. The minimum Gasteiger partial charge on any atom is -0.312 e. The smallest absolute Gasteiger partial charge is 0.0863 e. The number of rotatable bonds is 3. The molecule has 1 aromatic heterocycles. The van der Waals surface area contributed by atoms with E-state index < -0.39 is 0 Å². The average molecular weight is 283 g/mol. The Bertz CT molecular complexity index is 443. The molecule has 106 valence electrons. The SMILES string of the molecule is CCc1nn(C)c(CN2CC3CCCNC3C2)c1Cl. The van der Waals surface area contributed by atoms with Crippen LogP contribution >= 0.6 is 11.6 Å². The maximum Gasteiger partial charge on any atom is 0.0863 e. The van der Waals surface area contributed by atoms with Crippen molar-refractivity contribution in [1.29, 1.82) is 0 Å². The largest absolute Gasteiger partial charge is 0.312 e. The molecule has 1 aromatic rings. The third-order valence-corrected chi connectivity index (χ3v) is 4.99. The second kappa shape index (κ2) is 5.43. The molecule has 0 bridgehead atoms. The van der Waals surface area contributed by atoms with E-state index >= 15 is 0 Å². The molecule has 0 aliphatic carbocycles. The molecule has 2 saturated heterocycles. The summed E-state index contributed by atoms with van der Waals surface area (Å²) >= 11 is 6.44. The lowest BCUT2D eigenvalue weighted by molar-refractivity contribution is 0.304. The van der Waals surface area contributed by atoms with Crippen LogP contribution < -0.4 is 5.32 Å². The van der Waals surface area contributed by atoms with Gasteiger partial charge >= 0.3 is 0 Å². The zero-order chi connectivity index (χ0) is 13.4. The van der Waals surface area contributed by atoms with Crippen LogP contribution in [0.25, 0.3) is 0 Å². The summed E-state index contributed by atoms with van der Waals surface area (Å²) < 4.78 is 1.95. The summed E-state index contributed by atoms with van der Waals surface area (Å²) in [4.78, 5) is 2.52. The highest BCUT2D eigenvalue weighted by Gasteiger charge is 2.34. The molecule has 3 rings (SSSR count). The van der Waals surface area contributed by atoms with Gasteiger partial charge in [0.25, 0.3) is 0 Å². The predicted octanol–water partition coefficient (Wildman–Crippen LogP) is 1.82. The zero-order valence-corrected chi connectivity index (χ0v) is 12.6. The van der Waals surface area contributed by atoms with Gasteiger partial charge in [-0.2, -0.15) is 5.10 Å². The van der Waals surface area contributed by atoms with Gasteiger partial charge in [-0.1, -0.05) is 18.5 Å². The maximum absolute atomic E-state index is 6.44. The van der Waals surface area contributed by atoms with Gasteiger partial charge in [0.1, 0.15) is 0 Å². The van der Waals surface area contributed by atoms with Crippen LogP contribution in [-0.4, -0.2) is 40.4 Å². The number of hydrogen-bond donors (Lipinski definition) is 1. The van der Waals surface area contributed by atoms with Crippen LogP contribution in [0.3, 0.4) is 0 Å². The van der Waals surface area contributed by atoms with Gasteiger partial charge in [-0.3, -0.25) is 9.58 Å². The summed E-state index contributed by atoms with van der Waals surface area (Å²) in [5.74, 6) is 0.825. The third-order valence-electron chi connectivity index (χ3n) is 4.55. The van der Waals surface area contributed by atoms with Crippen molar-refractivity contribution in [3.05, 3.63) is 16.4 Å². The molecule has 0 spiro atoms. The number of nitrogens with one attached hydrogen (secondary N) is 1. The number of likely N-dealkylation sites (tertiary alicyclic amines) is 1. The lowest BCUT2D eigenvalue weighted by Gasteiger charge is -2.24. The zero-order valence-electron chi connectivity index (χ0n) is 11.8. The lowest BCUT2D eigenvalue weighted by atomic mass is 9.94. The monoisotopic (exact) mass is 282 g/mol. The number of aryl methyl sites for hydroxylation is 2. The van der Waals surface area contributed by atoms with Crippen LogP contribution in [0.15, 0.2) is 0 Å². The van der Waals surface area contributed by atoms with Crippen molar-refractivity contribution < 1.29 is 0 Å². The summed E-state index contributed by atoms with van der Waals surface area (Å²) in [5.41, 5.74) is 2.19. The molecule has 0 saturated carbocycles. The van der Waals surface area contributed by atoms with Gasteiger partial charge in [-0.25, -0.2) is 0 Å². The number of hydrogen-bond acceptors (Lipinski definition) is 3. The molecule has 0 aromatic carbocycles. The Labute approximate surface area is 120 Å². The molecule has 5 heteroatoms. The first-order valence-electron chi connectivity index (χ1n) is 7.35. The molecule has 19 heavy (non-hydrogen) atoms. The molecule has 2 atom stereocenters. The van der Waals surface area contributed by atoms with E-state index in [9.17, 15) is 0 Å². The van der Waals surface area contributed by atoms with E-state index in [1.54, 1.807) is 0 Å². The van der Waals surface area contributed by atoms with Crippen LogP contribution in [0, 0.1) is 5.92 Å². The first-order valence-corrected chi connectivity index (χ1v) is 7.72. The van der Waals surface area contributed by atoms with Crippen molar-refractivity contribution in [2.24, 2.45) is 13.0 Å². The topological polar surface area (TPSA) is 33.1 Å². The normalized spacial score (nSPS) is 27.7. The fraction of sp³-hybridized carbons (Fsp3) is 0.786. The number of aromatic nitrogens is 2. The van der Waals surface area contributed by atoms with Crippen molar-refractivity contribution in [3.63, 3.8) is 0 Å². The molecule has 4 nitrogen and oxygen atoms in total. The third kappa shape index (κ3) is 2.54. The van der Waals surface area contributed by atoms with Gasteiger partial charge in [0.2, 0.25) is 0 Å². The quantitative estimate of drug-likeness (QED) is 0.918. The molecule has 1 N–H and O–H groups in total. The van der Waals surface area contributed by atoms with Crippen molar-refractivity contribution in [2.45, 2.75) is 38.8 Å². The molecule has 3 heterocycles. The minimum absolute atomic E-state index is 0.686. The van der Waals surface area contributed by atoms with Crippen molar-refractivity contribution in [1.82, 2.24) is 20.0 Å². The van der Waals surface area contributed by atoms with Crippen molar-refractivity contribution in [2.75, 3.05) is 19.6 Å². The van der Waals surface area contributed by atoms with Crippen molar-refractivity contribution >= 4 is 11.6 Å². The molecular formula is C14H23ClN4. The van der Waals surface area contributed by atoms with Gasteiger partial charge in [-0.15, -0.1) is 0 Å². The van der Waals surface area contributed by atoms with Crippen LogP contribution in [-0.2, 0) is 20.0 Å². The number of nitrogens with zero attached hydrogens (tertiary/aromatic N) is 3. The lowest BCUT2D eigenvalue weighted by Crippen LogP contribution is -2.40. The van der Waals surface area contributed by atoms with E-state index in [1.165, 1.54) is 25.9 Å². The fourth-order valence-corrected chi connectivity index (χ4v) is 3.82. The molecule has 2 unspecified atom stereocenters. The first-order chi connectivity index (χ1) is 9.19. The first kappa shape index (κ1) is 13.4. The molecule has 0 amide bonds. The molecular weight excluding hydrogens is 260 g/mol. The van der Waals surface area contributed by atoms with Gasteiger partial charge < -0.3 is 5.32 Å². The molecule has 2 aliphatic heterocycles. The highest BCUT2D eigenvalue weighted by Crippen LogP contribution is 2.28. The Morgan fingerprint density at radius 1 is 1.42 bits per heavy atom. The Kier molecular flexibility index (Phi) is 3.83. The summed E-state index contributed by atoms with van der Waals surface area (Å²) in [6, 6.07) is 0.686. The van der Waals surface area contributed by atoms with Crippen LogP contribution in [0.1, 0.15) is 31.2 Å². The van der Waals surface area contributed by atoms with Gasteiger partial charge in [0.15, 0.2) is 0 Å². The minimum atomic E-state index is 0.686. The van der Waals surface area contributed by atoms with Crippen LogP contribution in [0.5, 0.6) is 0 Å². The molecule has 2 fully saturated rings. The highest BCUT2D eigenvalue weighted by molar-refractivity contribution is 6.31. The predicted molar refractivity (Wildman–Crippen MR) is 77.4 cm³/mol. The second-order valence-corrected chi connectivity index (χ2v) is 6.22. The van der Waals surface area contributed by atoms with Gasteiger partial charge in [0, 0.05) is 32.7 Å². The van der Waals surface area contributed by atoms with Crippen LogP contribution in [0.4, 0.5) is 0 Å². The van der Waals surface area contributed by atoms with Gasteiger partial charge in [-0.05, 0) is 31.7 Å².